The van der Waals surface area contributed by atoms with Gasteiger partial charge in [0.25, 0.3) is 0 Å². The standard InChI is InChI=1S/C71H89N4O4/c1-10-51(26-27-52(54-39-45-75(46-40-54)47-48-76)36-41-71(7,11-2)68(78)79-50-49-77)53-37-43-74(44-38-53)42-17-16-23-59-55(30-34-64-69(3,4)66-60-24-14-12-19-57(60)28-32-62(66)72(64)8)21-18-22-56(59)31-35-65-70(5,6)67-61-25-15-13-20-58(61)29-33-63(67)73(65)9/h12-15,19-20,24-25,28-35,37-40,43-46,51-52,76-77H,10-11,16-18,21-23,26-27,36,41-42,47-50H2,1-9H3/q+3. The lowest BCUT2D eigenvalue weighted by atomic mass is 9.77. The lowest BCUT2D eigenvalue weighted by molar-refractivity contribution is -0.698. The maximum absolute atomic E-state index is 13.2. The summed E-state index contributed by atoms with van der Waals surface area (Å²) in [5.74, 6) is 0.459. The normalized spacial score (nSPS) is 18.5. The van der Waals surface area contributed by atoms with Crippen LogP contribution < -0.4 is 14.0 Å². The number of carbonyl (C=O) groups excluding carboxylic acids is 1. The predicted molar refractivity (Wildman–Crippen MR) is 324 cm³/mol. The number of aliphatic hydroxyl groups is 2. The Bertz CT molecular complexity index is 3300. The molecule has 2 aromatic heterocycles. The second-order valence-electron chi connectivity index (χ2n) is 24.2. The summed E-state index contributed by atoms with van der Waals surface area (Å²) in [6.45, 7) is 17.4. The topological polar surface area (TPSA) is 80.8 Å². The van der Waals surface area contributed by atoms with Crippen LogP contribution in [-0.4, -0.2) is 60.4 Å². The molecule has 9 rings (SSSR count). The molecular formula is C71H89N4O4+3. The number of unbranched alkanes of at least 4 members (excludes halogenated alkanes) is 1. The fraction of sp³-hybridized carbons (Fsp3) is 0.437. The van der Waals surface area contributed by atoms with E-state index in [9.17, 15) is 15.0 Å². The largest absolute Gasteiger partial charge is 0.463 e. The molecule has 8 nitrogen and oxygen atoms in total. The average molecular weight is 1060 g/mol. The van der Waals surface area contributed by atoms with Gasteiger partial charge in [-0.15, -0.1) is 0 Å². The van der Waals surface area contributed by atoms with Crippen LogP contribution in [0.3, 0.4) is 0 Å². The number of hydrogen-bond acceptors (Lipinski definition) is 5. The van der Waals surface area contributed by atoms with E-state index in [-0.39, 0.29) is 42.5 Å². The summed E-state index contributed by atoms with van der Waals surface area (Å²) in [7, 11) is 4.49. The number of aromatic nitrogens is 2. The first-order valence-electron chi connectivity index (χ1n) is 29.7. The Balaban J connectivity index is 0.923. The number of rotatable bonds is 23. The number of anilines is 1. The third-order valence-electron chi connectivity index (χ3n) is 18.6. The number of likely N-dealkylation sites (N-methyl/N-ethyl adjacent to an activating group) is 1. The highest BCUT2D eigenvalue weighted by Crippen LogP contribution is 2.51. The molecular weight excluding hydrogens is 973 g/mol. The highest BCUT2D eigenvalue weighted by Gasteiger charge is 2.44. The van der Waals surface area contributed by atoms with Crippen LogP contribution in [-0.2, 0) is 33.5 Å². The number of aliphatic hydroxyl groups excluding tert-OH is 2. The summed E-state index contributed by atoms with van der Waals surface area (Å²) in [5.41, 5.74) is 14.3. The predicted octanol–water partition coefficient (Wildman–Crippen LogP) is 14.5. The summed E-state index contributed by atoms with van der Waals surface area (Å²) in [6, 6.07) is 35.9. The minimum Gasteiger partial charge on any atom is -0.463 e. The van der Waals surface area contributed by atoms with Crippen LogP contribution in [0.2, 0.25) is 0 Å². The van der Waals surface area contributed by atoms with E-state index in [2.05, 4.69) is 209 Å². The molecule has 2 N–H and O–H groups in total. The molecule has 2 aliphatic heterocycles. The Morgan fingerprint density at radius 1 is 0.722 bits per heavy atom. The van der Waals surface area contributed by atoms with Gasteiger partial charge in [-0.1, -0.05) is 94.4 Å². The summed E-state index contributed by atoms with van der Waals surface area (Å²) in [4.78, 5) is 15.6. The van der Waals surface area contributed by atoms with Crippen molar-refractivity contribution in [3.8, 4) is 0 Å². The first kappa shape index (κ1) is 57.2. The van der Waals surface area contributed by atoms with Crippen LogP contribution in [0.15, 0.2) is 169 Å². The molecule has 0 saturated carbocycles. The zero-order chi connectivity index (χ0) is 55.9. The van der Waals surface area contributed by atoms with Crippen molar-refractivity contribution in [2.75, 3.05) is 38.8 Å². The third-order valence-corrected chi connectivity index (χ3v) is 18.6. The van der Waals surface area contributed by atoms with Gasteiger partial charge in [0.05, 0.1) is 17.4 Å². The van der Waals surface area contributed by atoms with Gasteiger partial charge < -0.3 is 19.8 Å². The van der Waals surface area contributed by atoms with Crippen LogP contribution in [0.25, 0.3) is 21.5 Å². The van der Waals surface area contributed by atoms with Gasteiger partial charge in [0.1, 0.15) is 26.8 Å². The van der Waals surface area contributed by atoms with Crippen LogP contribution >= 0.6 is 0 Å². The number of aryl methyl sites for hydroxylation is 1. The fourth-order valence-electron chi connectivity index (χ4n) is 13.6. The summed E-state index contributed by atoms with van der Waals surface area (Å²) >= 11 is 0. The Labute approximate surface area is 472 Å². The highest BCUT2D eigenvalue weighted by molar-refractivity contribution is 6.07. The van der Waals surface area contributed by atoms with Gasteiger partial charge in [-0.2, -0.15) is 4.58 Å². The van der Waals surface area contributed by atoms with E-state index in [1.54, 1.807) is 0 Å². The number of benzene rings is 4. The van der Waals surface area contributed by atoms with Crippen molar-refractivity contribution in [2.24, 2.45) is 5.41 Å². The van der Waals surface area contributed by atoms with Crippen molar-refractivity contribution in [1.82, 2.24) is 0 Å². The van der Waals surface area contributed by atoms with Crippen molar-refractivity contribution in [2.45, 2.75) is 161 Å². The van der Waals surface area contributed by atoms with Gasteiger partial charge in [-0.25, -0.2) is 9.13 Å². The van der Waals surface area contributed by atoms with Crippen LogP contribution in [0.5, 0.6) is 0 Å². The Morgan fingerprint density at radius 3 is 2.01 bits per heavy atom. The number of nitrogens with zero attached hydrogens (tertiary/aromatic N) is 4. The first-order chi connectivity index (χ1) is 38.1. The van der Waals surface area contributed by atoms with Crippen molar-refractivity contribution >= 4 is 44.6 Å². The lowest BCUT2D eigenvalue weighted by Gasteiger charge is -2.29. The number of esters is 1. The molecule has 4 heterocycles. The minimum atomic E-state index is -0.610. The maximum atomic E-state index is 13.2. The van der Waals surface area contributed by atoms with Gasteiger partial charge in [0.15, 0.2) is 37.0 Å². The van der Waals surface area contributed by atoms with Crippen LogP contribution in [0.1, 0.15) is 160 Å². The molecule has 414 valence electrons. The average Bonchev–Trinajstić information content (AvgIpc) is 3.68. The Kier molecular flexibility index (Phi) is 18.0. The second kappa shape index (κ2) is 24.9. The molecule has 0 fully saturated rings. The number of carbonyl (C=O) groups is 1. The molecule has 3 atom stereocenters. The quantitative estimate of drug-likeness (QED) is 0.0380. The first-order valence-corrected chi connectivity index (χ1v) is 29.7. The van der Waals surface area contributed by atoms with Crippen molar-refractivity contribution in [1.29, 1.82) is 0 Å². The lowest BCUT2D eigenvalue weighted by Crippen LogP contribution is -2.34. The molecule has 6 aromatic rings. The minimum absolute atomic E-state index is 0.0303. The summed E-state index contributed by atoms with van der Waals surface area (Å²) < 4.78 is 12.3. The van der Waals surface area contributed by atoms with Crippen molar-refractivity contribution in [3.63, 3.8) is 0 Å². The van der Waals surface area contributed by atoms with Crippen molar-refractivity contribution < 1.29 is 33.5 Å². The molecule has 0 spiro atoms. The zero-order valence-electron chi connectivity index (χ0n) is 49.0. The number of hydrogen-bond donors (Lipinski definition) is 2. The number of pyridine rings is 2. The summed E-state index contributed by atoms with van der Waals surface area (Å²) in [6.07, 6.45) is 30.5. The number of fused-ring (bicyclic) bond motifs is 6. The number of allylic oxidation sites excluding steroid dienone is 8. The van der Waals surface area contributed by atoms with E-state index in [1.165, 1.54) is 83.3 Å². The van der Waals surface area contributed by atoms with Gasteiger partial charge in [-0.05, 0) is 176 Å². The van der Waals surface area contributed by atoms with E-state index in [1.807, 2.05) is 18.4 Å². The van der Waals surface area contributed by atoms with Gasteiger partial charge in [0, 0.05) is 72.2 Å². The van der Waals surface area contributed by atoms with E-state index < -0.39 is 5.41 Å². The molecule has 0 radical (unpaired) electrons. The van der Waals surface area contributed by atoms with Crippen molar-refractivity contribution in [3.05, 3.63) is 191 Å². The molecule has 8 heteroatoms. The van der Waals surface area contributed by atoms with E-state index in [4.69, 9.17) is 4.74 Å². The van der Waals surface area contributed by atoms with Gasteiger partial charge >= 0.3 is 5.97 Å². The molecule has 1 aliphatic carbocycles. The molecule has 4 aromatic carbocycles. The van der Waals surface area contributed by atoms with Gasteiger partial charge in [-0.3, -0.25) is 4.79 Å². The van der Waals surface area contributed by atoms with E-state index in [0.717, 1.165) is 70.8 Å². The number of ether oxygens (including phenoxy) is 1. The summed E-state index contributed by atoms with van der Waals surface area (Å²) in [5, 5.41) is 24.2. The second-order valence-corrected chi connectivity index (χ2v) is 24.2. The Morgan fingerprint density at radius 2 is 1.35 bits per heavy atom. The maximum Gasteiger partial charge on any atom is 0.311 e. The molecule has 3 aliphatic rings. The SMILES string of the molecule is CCC(CCC(CCC(C)(CC)C(=O)OCCO)c1cc[n+](CCO)cc1)c1cc[n+](CCCCC2=C(/C=C/C3=[N+](C)c4ccc5ccccc5c4C3(C)C)CCC/C2=C\C=C2\N(C)c3ccc4ccccc4c3C2(C)C)cc1. The highest BCUT2D eigenvalue weighted by atomic mass is 16.5. The van der Waals surface area contributed by atoms with E-state index >= 15 is 0 Å². The molecule has 79 heavy (non-hydrogen) atoms. The molecule has 0 saturated heterocycles. The fourth-order valence-corrected chi connectivity index (χ4v) is 13.6. The monoisotopic (exact) mass is 1060 g/mol. The third kappa shape index (κ3) is 12.0. The van der Waals surface area contributed by atoms with Crippen LogP contribution in [0.4, 0.5) is 11.4 Å². The van der Waals surface area contributed by atoms with Gasteiger partial charge in [0.2, 0.25) is 5.69 Å². The molecule has 0 bridgehead atoms. The molecule has 0 amide bonds. The smallest absolute Gasteiger partial charge is 0.311 e. The Hall–Kier alpha value is -6.48. The van der Waals surface area contributed by atoms with Crippen LogP contribution in [0, 0.1) is 5.41 Å². The zero-order valence-corrected chi connectivity index (χ0v) is 49.0. The van der Waals surface area contributed by atoms with E-state index in [0.29, 0.717) is 25.3 Å². The molecule has 3 unspecified atom stereocenters.